The molecule has 3 rings (SSSR count). The first-order valence-corrected chi connectivity index (χ1v) is 9.00. The van der Waals surface area contributed by atoms with Crippen LogP contribution in [0.1, 0.15) is 15.9 Å². The Morgan fingerprint density at radius 1 is 0.615 bits per heavy atom. The van der Waals surface area contributed by atoms with Gasteiger partial charge in [0.15, 0.2) is 5.78 Å². The molecule has 0 bridgehead atoms. The highest BCUT2D eigenvalue weighted by Crippen LogP contribution is 2.43. The Kier molecular flexibility index (Phi) is 5.69. The molecule has 130 valence electrons. The molecule has 0 saturated heterocycles. The normalized spacial score (nSPS) is 16.8. The average Bonchev–Trinajstić information content (AvgIpc) is 2.69. The lowest BCUT2D eigenvalue weighted by molar-refractivity contribution is -0.111. The van der Waals surface area contributed by atoms with Crippen LogP contribution in [0.25, 0.3) is 5.57 Å². The van der Waals surface area contributed by atoms with Crippen LogP contribution >= 0.6 is 46.4 Å². The van der Waals surface area contributed by atoms with Gasteiger partial charge in [0.05, 0.1) is 20.7 Å². The van der Waals surface area contributed by atoms with E-state index in [0.717, 1.165) is 0 Å². The van der Waals surface area contributed by atoms with Crippen LogP contribution in [0.5, 0.6) is 0 Å². The van der Waals surface area contributed by atoms with Crippen LogP contribution in [-0.2, 0) is 4.79 Å². The van der Waals surface area contributed by atoms with Crippen LogP contribution in [0.3, 0.4) is 0 Å². The summed E-state index contributed by atoms with van der Waals surface area (Å²) in [6, 6.07) is 17.3. The molecule has 0 unspecified atom stereocenters. The van der Waals surface area contributed by atoms with Gasteiger partial charge in [0.1, 0.15) is 5.03 Å². The van der Waals surface area contributed by atoms with Gasteiger partial charge >= 0.3 is 0 Å². The molecule has 0 saturated carbocycles. The minimum Gasteiger partial charge on any atom is -0.289 e. The number of hydrogen-bond acceptors (Lipinski definition) is 2. The molecule has 0 spiro atoms. The summed E-state index contributed by atoms with van der Waals surface area (Å²) in [5.41, 5.74) is 0.984. The Morgan fingerprint density at radius 3 is 1.62 bits per heavy atom. The van der Waals surface area contributed by atoms with Crippen LogP contribution in [0.2, 0.25) is 0 Å². The van der Waals surface area contributed by atoms with Gasteiger partial charge in [-0.3, -0.25) is 9.59 Å². The van der Waals surface area contributed by atoms with Gasteiger partial charge < -0.3 is 0 Å². The first-order valence-electron chi connectivity index (χ1n) is 7.49. The SMILES string of the molecule is O=C1C(Cl)=C(Cl)C(Cl)=C(Cl)/C1=C(/C(=O)c1ccccc1)c1ccccc1. The van der Waals surface area contributed by atoms with Crippen LogP contribution < -0.4 is 0 Å². The van der Waals surface area contributed by atoms with Crippen LogP contribution in [0.15, 0.2) is 86.4 Å². The number of allylic oxidation sites excluding steroid dienone is 6. The van der Waals surface area contributed by atoms with Gasteiger partial charge in [-0.25, -0.2) is 0 Å². The van der Waals surface area contributed by atoms with E-state index >= 15 is 0 Å². The Hall–Kier alpha value is -1.84. The topological polar surface area (TPSA) is 34.1 Å². The van der Waals surface area contributed by atoms with Crippen molar-refractivity contribution in [1.82, 2.24) is 0 Å². The Bertz CT molecular complexity index is 987. The summed E-state index contributed by atoms with van der Waals surface area (Å²) in [5, 5.41) is -0.576. The minimum absolute atomic E-state index is 0.0638. The Morgan fingerprint density at radius 2 is 1.08 bits per heavy atom. The summed E-state index contributed by atoms with van der Waals surface area (Å²) in [4.78, 5) is 26.0. The van der Waals surface area contributed by atoms with Crippen molar-refractivity contribution in [3.8, 4) is 0 Å². The highest BCUT2D eigenvalue weighted by atomic mass is 35.5. The van der Waals surface area contributed by atoms with Crippen molar-refractivity contribution in [2.24, 2.45) is 0 Å². The van der Waals surface area contributed by atoms with Crippen LogP contribution in [0, 0.1) is 0 Å². The molecule has 0 radical (unpaired) electrons. The molecule has 0 amide bonds. The fraction of sp³-hybridized carbons (Fsp3) is 0. The zero-order valence-electron chi connectivity index (χ0n) is 13.1. The lowest BCUT2D eigenvalue weighted by Gasteiger charge is -2.19. The summed E-state index contributed by atoms with van der Waals surface area (Å²) >= 11 is 24.4. The summed E-state index contributed by atoms with van der Waals surface area (Å²) < 4.78 is 0. The van der Waals surface area contributed by atoms with Crippen molar-refractivity contribution in [1.29, 1.82) is 0 Å². The van der Waals surface area contributed by atoms with Gasteiger partial charge in [-0.15, -0.1) is 0 Å². The van der Waals surface area contributed by atoms with Crippen molar-refractivity contribution in [2.45, 2.75) is 0 Å². The fourth-order valence-corrected chi connectivity index (χ4v) is 3.49. The molecule has 2 aromatic rings. The van der Waals surface area contributed by atoms with E-state index in [4.69, 9.17) is 46.4 Å². The van der Waals surface area contributed by atoms with E-state index in [2.05, 4.69) is 0 Å². The number of Topliss-reactive ketones (excluding diaryl/α,β-unsaturated/α-hetero) is 2. The summed E-state index contributed by atoms with van der Waals surface area (Å²) in [7, 11) is 0. The molecule has 6 heteroatoms. The van der Waals surface area contributed by atoms with Crippen molar-refractivity contribution in [3.05, 3.63) is 97.5 Å². The zero-order chi connectivity index (χ0) is 18.8. The standard InChI is InChI=1S/C20H10Cl4O2/c21-15-14(20(26)18(24)17(23)16(15)22)13(11-7-3-1-4-8-11)19(25)12-9-5-2-6-10-12/h1-10H/b14-13-. The van der Waals surface area contributed by atoms with E-state index in [9.17, 15) is 9.59 Å². The minimum atomic E-state index is -0.644. The van der Waals surface area contributed by atoms with Crippen molar-refractivity contribution >= 4 is 63.5 Å². The second kappa shape index (κ2) is 7.81. The summed E-state index contributed by atoms with van der Waals surface area (Å²) in [6.07, 6.45) is 0. The van der Waals surface area contributed by atoms with E-state index in [0.29, 0.717) is 11.1 Å². The average molecular weight is 424 g/mol. The third-order valence-corrected chi connectivity index (χ3v) is 5.58. The van der Waals surface area contributed by atoms with E-state index in [1.54, 1.807) is 60.7 Å². The number of ketones is 2. The third-order valence-electron chi connectivity index (χ3n) is 3.80. The summed E-state index contributed by atoms with van der Waals surface area (Å²) in [6.45, 7) is 0. The molecule has 26 heavy (non-hydrogen) atoms. The van der Waals surface area contributed by atoms with Gasteiger partial charge in [0.25, 0.3) is 0 Å². The quantitative estimate of drug-likeness (QED) is 0.429. The monoisotopic (exact) mass is 422 g/mol. The van der Waals surface area contributed by atoms with Crippen molar-refractivity contribution in [2.75, 3.05) is 0 Å². The van der Waals surface area contributed by atoms with E-state index < -0.39 is 5.78 Å². The van der Waals surface area contributed by atoms with E-state index in [1.165, 1.54) is 0 Å². The number of benzene rings is 2. The highest BCUT2D eigenvalue weighted by Gasteiger charge is 2.34. The largest absolute Gasteiger partial charge is 0.289 e. The molecule has 0 heterocycles. The number of hydrogen-bond donors (Lipinski definition) is 0. The number of rotatable bonds is 3. The Labute approximate surface area is 170 Å². The second-order valence-electron chi connectivity index (χ2n) is 5.40. The molecule has 0 fully saturated rings. The van der Waals surface area contributed by atoms with E-state index in [1.807, 2.05) is 0 Å². The maximum Gasteiger partial charge on any atom is 0.208 e. The molecule has 0 aromatic heterocycles. The number of carbonyl (C=O) groups excluding carboxylic acids is 2. The molecule has 0 atom stereocenters. The molecule has 1 aliphatic rings. The predicted molar refractivity (Wildman–Crippen MR) is 107 cm³/mol. The highest BCUT2D eigenvalue weighted by molar-refractivity contribution is 6.61. The maximum absolute atomic E-state index is 13.2. The van der Waals surface area contributed by atoms with Crippen molar-refractivity contribution in [3.63, 3.8) is 0 Å². The number of carbonyl (C=O) groups is 2. The molecule has 0 N–H and O–H groups in total. The molecule has 2 aromatic carbocycles. The van der Waals surface area contributed by atoms with Crippen molar-refractivity contribution < 1.29 is 9.59 Å². The first kappa shape index (κ1) is 18.9. The Balaban J connectivity index is 2.34. The third kappa shape index (κ3) is 3.38. The molecular formula is C20H10Cl4O2. The summed E-state index contributed by atoms with van der Waals surface area (Å²) in [5.74, 6) is -1.01. The predicted octanol–water partition coefficient (Wildman–Crippen LogP) is 6.28. The second-order valence-corrected chi connectivity index (χ2v) is 6.91. The smallest absolute Gasteiger partial charge is 0.208 e. The van der Waals surface area contributed by atoms with E-state index in [-0.39, 0.29) is 37.1 Å². The van der Waals surface area contributed by atoms with Gasteiger partial charge in [0.2, 0.25) is 5.78 Å². The molecule has 0 aliphatic heterocycles. The molecular weight excluding hydrogens is 414 g/mol. The maximum atomic E-state index is 13.2. The lowest BCUT2D eigenvalue weighted by Crippen LogP contribution is -2.16. The zero-order valence-corrected chi connectivity index (χ0v) is 16.1. The lowest BCUT2D eigenvalue weighted by atomic mass is 9.88. The van der Waals surface area contributed by atoms with Gasteiger partial charge in [-0.2, -0.15) is 0 Å². The molecule has 2 nitrogen and oxygen atoms in total. The van der Waals surface area contributed by atoms with Crippen LogP contribution in [-0.4, -0.2) is 11.6 Å². The molecule has 1 aliphatic carbocycles. The number of halogens is 4. The first-order chi connectivity index (χ1) is 12.4. The fourth-order valence-electron chi connectivity index (χ4n) is 2.56. The van der Waals surface area contributed by atoms with Crippen LogP contribution in [0.4, 0.5) is 0 Å². The van der Waals surface area contributed by atoms with Gasteiger partial charge in [-0.05, 0) is 5.56 Å². The van der Waals surface area contributed by atoms with Gasteiger partial charge in [0, 0.05) is 11.1 Å². The van der Waals surface area contributed by atoms with Gasteiger partial charge in [-0.1, -0.05) is 107 Å².